The van der Waals surface area contributed by atoms with Crippen LogP contribution in [0.5, 0.6) is 0 Å². The Balaban J connectivity index is 0.00000242. The molecule has 1 aromatic carbocycles. The average molecular weight is 353 g/mol. The highest BCUT2D eigenvalue weighted by Crippen LogP contribution is 2.33. The van der Waals surface area contributed by atoms with Gasteiger partial charge in [0.05, 0.1) is 5.02 Å². The number of halogens is 4. The maximum atomic E-state index is 14.4. The fraction of sp³-hybridized carbons (Fsp3) is 0.625. The lowest BCUT2D eigenvalue weighted by Crippen LogP contribution is -2.45. The highest BCUT2D eigenvalue weighted by molar-refractivity contribution is 6.30. The number of nitrogens with one attached hydrogen (secondary N) is 1. The molecule has 0 saturated carbocycles. The molecule has 0 spiro atoms. The molecule has 1 aromatic rings. The highest BCUT2D eigenvalue weighted by Gasteiger charge is 2.28. The van der Waals surface area contributed by atoms with E-state index in [2.05, 4.69) is 17.1 Å². The van der Waals surface area contributed by atoms with Gasteiger partial charge >= 0.3 is 0 Å². The second kappa shape index (κ2) is 9.66. The molecule has 0 unspecified atom stereocenters. The van der Waals surface area contributed by atoms with E-state index in [0.717, 1.165) is 51.9 Å². The van der Waals surface area contributed by atoms with Gasteiger partial charge in [-0.05, 0) is 18.6 Å². The van der Waals surface area contributed by atoms with Crippen LogP contribution < -0.4 is 5.32 Å². The molecule has 1 fully saturated rings. The summed E-state index contributed by atoms with van der Waals surface area (Å²) in [5.41, 5.74) is 0.139. The van der Waals surface area contributed by atoms with Crippen molar-refractivity contribution in [1.29, 1.82) is 0 Å². The van der Waals surface area contributed by atoms with Gasteiger partial charge in [-0.2, -0.15) is 0 Å². The maximum Gasteiger partial charge on any atom is 0.149 e. The van der Waals surface area contributed by atoms with E-state index in [1.807, 2.05) is 0 Å². The summed E-state index contributed by atoms with van der Waals surface area (Å²) in [4.78, 5) is 2.17. The van der Waals surface area contributed by atoms with Crippen LogP contribution in [0.3, 0.4) is 0 Å². The van der Waals surface area contributed by atoms with Gasteiger partial charge in [-0.15, -0.1) is 12.4 Å². The van der Waals surface area contributed by atoms with Crippen LogP contribution in [-0.2, 0) is 0 Å². The smallest absolute Gasteiger partial charge is 0.149 e. The summed E-state index contributed by atoms with van der Waals surface area (Å²) in [5.74, 6) is -1.09. The largest absolute Gasteiger partial charge is 0.314 e. The van der Waals surface area contributed by atoms with Crippen LogP contribution in [0.25, 0.3) is 0 Å². The highest BCUT2D eigenvalue weighted by atomic mass is 35.5. The molecule has 1 saturated heterocycles. The van der Waals surface area contributed by atoms with Gasteiger partial charge in [0.1, 0.15) is 11.6 Å². The molecule has 1 aliphatic rings. The first kappa shape index (κ1) is 19.6. The molecule has 1 aliphatic heterocycles. The predicted molar refractivity (Wildman–Crippen MR) is 89.9 cm³/mol. The van der Waals surface area contributed by atoms with E-state index >= 15 is 0 Å². The standard InChI is InChI=1S/C16H23ClF2N2.ClH/c1-2-3-4-5-14(21-10-8-20-9-11-21)15-13(18)7-6-12(17)16(15)19;/h6-7,14,20H,2-5,8-11H2,1H3;1H/t14-;/m1./s1. The van der Waals surface area contributed by atoms with E-state index in [1.165, 1.54) is 12.1 Å². The van der Waals surface area contributed by atoms with Crippen molar-refractivity contribution in [3.63, 3.8) is 0 Å². The van der Waals surface area contributed by atoms with E-state index in [1.54, 1.807) is 0 Å². The van der Waals surface area contributed by atoms with Crippen molar-refractivity contribution in [2.75, 3.05) is 26.2 Å². The Morgan fingerprint density at radius 3 is 2.55 bits per heavy atom. The Kier molecular flexibility index (Phi) is 8.62. The molecule has 0 aromatic heterocycles. The van der Waals surface area contributed by atoms with Crippen LogP contribution in [0.1, 0.15) is 44.2 Å². The third-order valence-corrected chi connectivity index (χ3v) is 4.38. The zero-order valence-corrected chi connectivity index (χ0v) is 14.5. The molecular weight excluding hydrogens is 329 g/mol. The molecule has 2 rings (SSSR count). The molecule has 1 atom stereocenters. The van der Waals surface area contributed by atoms with E-state index < -0.39 is 11.6 Å². The molecule has 6 heteroatoms. The van der Waals surface area contributed by atoms with Crippen molar-refractivity contribution < 1.29 is 8.78 Å². The Labute approximate surface area is 142 Å². The lowest BCUT2D eigenvalue weighted by Gasteiger charge is -2.35. The van der Waals surface area contributed by atoms with Gasteiger partial charge in [-0.3, -0.25) is 4.90 Å². The summed E-state index contributed by atoms with van der Waals surface area (Å²) < 4.78 is 28.6. The summed E-state index contributed by atoms with van der Waals surface area (Å²) in [7, 11) is 0. The van der Waals surface area contributed by atoms with E-state index in [4.69, 9.17) is 11.6 Å². The minimum atomic E-state index is -0.600. The van der Waals surface area contributed by atoms with E-state index in [0.29, 0.717) is 0 Å². The van der Waals surface area contributed by atoms with E-state index in [-0.39, 0.29) is 29.0 Å². The second-order valence-electron chi connectivity index (χ2n) is 5.55. The fourth-order valence-electron chi connectivity index (χ4n) is 2.94. The van der Waals surface area contributed by atoms with Crippen LogP contribution in [0.2, 0.25) is 5.02 Å². The molecular formula is C16H24Cl2F2N2. The minimum absolute atomic E-state index is 0. The molecule has 0 aliphatic carbocycles. The van der Waals surface area contributed by atoms with Crippen LogP contribution in [0, 0.1) is 11.6 Å². The number of unbranched alkanes of at least 4 members (excludes halogenated alkanes) is 2. The number of nitrogens with zero attached hydrogens (tertiary/aromatic N) is 1. The topological polar surface area (TPSA) is 15.3 Å². The van der Waals surface area contributed by atoms with Crippen molar-refractivity contribution in [2.45, 2.75) is 38.6 Å². The van der Waals surface area contributed by atoms with Gasteiger partial charge in [0.25, 0.3) is 0 Å². The van der Waals surface area contributed by atoms with Crippen LogP contribution in [0.4, 0.5) is 8.78 Å². The van der Waals surface area contributed by atoms with Crippen molar-refractivity contribution >= 4 is 24.0 Å². The normalized spacial score (nSPS) is 17.1. The average Bonchev–Trinajstić information content (AvgIpc) is 2.51. The van der Waals surface area contributed by atoms with Gasteiger partial charge in [0, 0.05) is 37.8 Å². The molecule has 1 N–H and O–H groups in total. The van der Waals surface area contributed by atoms with Gasteiger partial charge in [0.15, 0.2) is 0 Å². The van der Waals surface area contributed by atoms with E-state index in [9.17, 15) is 8.78 Å². The molecule has 2 nitrogen and oxygen atoms in total. The summed E-state index contributed by atoms with van der Waals surface area (Å²) in [6.07, 6.45) is 3.90. The monoisotopic (exact) mass is 352 g/mol. The molecule has 126 valence electrons. The Bertz CT molecular complexity index is 466. The third kappa shape index (κ3) is 4.79. The lowest BCUT2D eigenvalue weighted by molar-refractivity contribution is 0.156. The molecule has 1 heterocycles. The van der Waals surface area contributed by atoms with Gasteiger partial charge in [-0.1, -0.05) is 37.8 Å². The quantitative estimate of drug-likeness (QED) is 0.596. The Morgan fingerprint density at radius 1 is 1.23 bits per heavy atom. The van der Waals surface area contributed by atoms with Crippen molar-refractivity contribution in [3.05, 3.63) is 34.4 Å². The van der Waals surface area contributed by atoms with Gasteiger partial charge < -0.3 is 5.32 Å². The number of hydrogen-bond acceptors (Lipinski definition) is 2. The minimum Gasteiger partial charge on any atom is -0.314 e. The third-order valence-electron chi connectivity index (χ3n) is 4.09. The summed E-state index contributed by atoms with van der Waals surface area (Å²) in [6, 6.07) is 2.34. The molecule has 0 amide bonds. The van der Waals surface area contributed by atoms with Crippen LogP contribution in [0.15, 0.2) is 12.1 Å². The number of piperazine rings is 1. The first-order valence-corrected chi connectivity index (χ1v) is 8.11. The zero-order valence-electron chi connectivity index (χ0n) is 12.9. The molecule has 0 radical (unpaired) electrons. The van der Waals surface area contributed by atoms with Crippen LogP contribution in [-0.4, -0.2) is 31.1 Å². The summed E-state index contributed by atoms with van der Waals surface area (Å²) in [5, 5.41) is 3.28. The second-order valence-corrected chi connectivity index (χ2v) is 5.96. The van der Waals surface area contributed by atoms with Crippen LogP contribution >= 0.6 is 24.0 Å². The fourth-order valence-corrected chi connectivity index (χ4v) is 3.10. The molecule has 0 bridgehead atoms. The van der Waals surface area contributed by atoms with Gasteiger partial charge in [-0.25, -0.2) is 8.78 Å². The number of benzene rings is 1. The lowest BCUT2D eigenvalue weighted by atomic mass is 9.97. The van der Waals surface area contributed by atoms with Crippen molar-refractivity contribution in [3.8, 4) is 0 Å². The van der Waals surface area contributed by atoms with Gasteiger partial charge in [0.2, 0.25) is 0 Å². The predicted octanol–water partition coefficient (Wildman–Crippen LogP) is 4.57. The van der Waals surface area contributed by atoms with Crippen molar-refractivity contribution in [1.82, 2.24) is 10.2 Å². The summed E-state index contributed by atoms with van der Waals surface area (Å²) in [6.45, 7) is 5.45. The number of rotatable bonds is 6. The first-order valence-electron chi connectivity index (χ1n) is 7.73. The molecule has 22 heavy (non-hydrogen) atoms. The maximum absolute atomic E-state index is 14.4. The SMILES string of the molecule is CCCCC[C@H](c1c(F)ccc(Cl)c1F)N1CCNCC1.Cl. The number of hydrogen-bond donors (Lipinski definition) is 1. The first-order chi connectivity index (χ1) is 10.1. The van der Waals surface area contributed by atoms with Crippen molar-refractivity contribution in [2.24, 2.45) is 0 Å². The zero-order chi connectivity index (χ0) is 15.2. The Hall–Kier alpha value is -0.420. The summed E-state index contributed by atoms with van der Waals surface area (Å²) >= 11 is 5.86. The Morgan fingerprint density at radius 2 is 1.91 bits per heavy atom.